The average molecular weight is 478 g/mol. The Morgan fingerprint density at radius 2 is 1.83 bits per heavy atom. The second kappa shape index (κ2) is 8.23. The van der Waals surface area contributed by atoms with Crippen LogP contribution in [0.5, 0.6) is 0 Å². The smallest absolute Gasteiger partial charge is 0.314 e. The molecule has 3 aromatic heterocycles. The largest absolute Gasteiger partial charge is 0.461 e. The molecule has 4 aromatic rings. The number of furan rings is 1. The normalized spacial score (nSPS) is 15.1. The molecule has 0 bridgehead atoms. The molecule has 5 rings (SSSR count). The highest BCUT2D eigenvalue weighted by atomic mass is 19.3. The lowest BCUT2D eigenvalue weighted by molar-refractivity contribution is -0.134. The second-order valence-electron chi connectivity index (χ2n) is 8.74. The molecule has 8 nitrogen and oxygen atoms in total. The van der Waals surface area contributed by atoms with Crippen LogP contribution in [0.15, 0.2) is 57.5 Å². The molecule has 1 aliphatic heterocycles. The summed E-state index contributed by atoms with van der Waals surface area (Å²) < 4.78 is 36.1. The zero-order valence-electron chi connectivity index (χ0n) is 19.1. The molecule has 0 aliphatic carbocycles. The van der Waals surface area contributed by atoms with Gasteiger partial charge in [0.1, 0.15) is 11.5 Å². The van der Waals surface area contributed by atoms with E-state index in [1.54, 1.807) is 50.2 Å². The number of halogens is 2. The zero-order valence-corrected chi connectivity index (χ0v) is 19.1. The van der Waals surface area contributed by atoms with Crippen LogP contribution in [0.25, 0.3) is 22.8 Å². The van der Waals surface area contributed by atoms with Crippen molar-refractivity contribution in [2.75, 3.05) is 0 Å². The lowest BCUT2D eigenvalue weighted by atomic mass is 9.75. The summed E-state index contributed by atoms with van der Waals surface area (Å²) in [4.78, 5) is 32.4. The van der Waals surface area contributed by atoms with Gasteiger partial charge in [0.05, 0.1) is 28.8 Å². The Balaban J connectivity index is 1.48. The van der Waals surface area contributed by atoms with E-state index in [0.29, 0.717) is 39.5 Å². The van der Waals surface area contributed by atoms with Crippen LogP contribution in [-0.4, -0.2) is 31.9 Å². The van der Waals surface area contributed by atoms with Crippen molar-refractivity contribution in [1.82, 2.24) is 20.1 Å². The third-order valence-corrected chi connectivity index (χ3v) is 6.00. The summed E-state index contributed by atoms with van der Waals surface area (Å²) in [6.45, 7) is 5.30. The minimum Gasteiger partial charge on any atom is -0.461 e. The van der Waals surface area contributed by atoms with E-state index in [1.807, 2.05) is 13.0 Å². The van der Waals surface area contributed by atoms with Gasteiger partial charge in [0.15, 0.2) is 0 Å². The summed E-state index contributed by atoms with van der Waals surface area (Å²) in [7, 11) is 0. The molecular formula is C25H20F2N4O4. The Kier molecular flexibility index (Phi) is 5.31. The molecule has 0 unspecified atom stereocenters. The molecule has 0 saturated heterocycles. The Bertz CT molecular complexity index is 1440. The fraction of sp³-hybridized carbons (Fsp3) is 0.240. The Morgan fingerprint density at radius 1 is 1.03 bits per heavy atom. The average Bonchev–Trinajstić information content (AvgIpc) is 3.50. The summed E-state index contributed by atoms with van der Waals surface area (Å²) in [6.07, 6.45) is -1.51. The first kappa shape index (κ1) is 22.6. The topological polar surface area (TPSA) is 102 Å². The summed E-state index contributed by atoms with van der Waals surface area (Å²) >= 11 is 0. The number of carbonyl (C=O) groups is 2. The number of pyridine rings is 1. The fourth-order valence-electron chi connectivity index (χ4n) is 4.16. The molecule has 4 heterocycles. The highest BCUT2D eigenvalue weighted by Gasteiger charge is 2.45. The van der Waals surface area contributed by atoms with Gasteiger partial charge in [-0.25, -0.2) is 0 Å². The molecule has 1 aliphatic rings. The minimum atomic E-state index is -2.87. The minimum absolute atomic E-state index is 0.0710. The molecule has 0 N–H and O–H groups in total. The van der Waals surface area contributed by atoms with Gasteiger partial charge in [-0.2, -0.15) is 8.78 Å². The van der Waals surface area contributed by atoms with Crippen LogP contribution in [0.4, 0.5) is 8.78 Å². The van der Waals surface area contributed by atoms with Crippen LogP contribution in [0.3, 0.4) is 0 Å². The summed E-state index contributed by atoms with van der Waals surface area (Å²) in [5, 5.41) is 6.90. The molecule has 0 spiro atoms. The number of carbonyl (C=O) groups excluding carboxylic acids is 2. The van der Waals surface area contributed by atoms with Crippen LogP contribution in [-0.2, 0) is 16.8 Å². The van der Waals surface area contributed by atoms with E-state index >= 15 is 0 Å². The number of hydrogen-bond acceptors (Lipinski definition) is 7. The summed E-state index contributed by atoms with van der Waals surface area (Å²) in [5.74, 6) is -0.428. The first-order valence-electron chi connectivity index (χ1n) is 10.8. The number of amides is 2. The molecule has 0 radical (unpaired) electrons. The maximum absolute atomic E-state index is 13.6. The second-order valence-corrected chi connectivity index (χ2v) is 8.74. The van der Waals surface area contributed by atoms with Crippen molar-refractivity contribution in [2.24, 2.45) is 0 Å². The number of aromatic nitrogens is 3. The number of rotatable bonds is 5. The van der Waals surface area contributed by atoms with Crippen molar-refractivity contribution in [3.8, 4) is 22.8 Å². The van der Waals surface area contributed by atoms with E-state index in [-0.39, 0.29) is 18.3 Å². The van der Waals surface area contributed by atoms with Gasteiger partial charge in [0, 0.05) is 11.8 Å². The highest BCUT2D eigenvalue weighted by Crippen LogP contribution is 2.40. The number of fused-ring (bicyclic) bond motifs is 1. The lowest BCUT2D eigenvalue weighted by Crippen LogP contribution is -2.51. The number of aryl methyl sites for hydroxylation is 1. The van der Waals surface area contributed by atoms with Crippen molar-refractivity contribution in [3.05, 3.63) is 77.1 Å². The molecule has 178 valence electrons. The number of benzene rings is 1. The van der Waals surface area contributed by atoms with Gasteiger partial charge < -0.3 is 8.83 Å². The molecule has 0 atom stereocenters. The first-order chi connectivity index (χ1) is 16.7. The van der Waals surface area contributed by atoms with Gasteiger partial charge in [-0.1, -0.05) is 18.2 Å². The monoisotopic (exact) mass is 478 g/mol. The quantitative estimate of drug-likeness (QED) is 0.368. The lowest BCUT2D eigenvalue weighted by Gasteiger charge is -2.38. The predicted octanol–water partition coefficient (Wildman–Crippen LogP) is 5.10. The number of alkyl halides is 2. The van der Waals surface area contributed by atoms with E-state index in [1.165, 1.54) is 11.1 Å². The predicted molar refractivity (Wildman–Crippen MR) is 119 cm³/mol. The van der Waals surface area contributed by atoms with Crippen molar-refractivity contribution < 1.29 is 27.2 Å². The number of hydrogen-bond donors (Lipinski definition) is 0. The van der Waals surface area contributed by atoms with E-state index in [0.717, 1.165) is 0 Å². The van der Waals surface area contributed by atoms with Crippen molar-refractivity contribution >= 4 is 11.8 Å². The SMILES string of the molecule is Cc1ccc(-c2cccc3c2C(=O)N(Cc2ccc(-c4nnc(C(F)F)o4)cn2)C(=O)C3(C)C)o1. The molecule has 10 heteroatoms. The molecule has 1 aromatic carbocycles. The Labute approximate surface area is 198 Å². The van der Waals surface area contributed by atoms with E-state index in [2.05, 4.69) is 15.2 Å². The van der Waals surface area contributed by atoms with Crippen LogP contribution in [0, 0.1) is 6.92 Å². The van der Waals surface area contributed by atoms with Crippen LogP contribution < -0.4 is 0 Å². The first-order valence-corrected chi connectivity index (χ1v) is 10.8. The van der Waals surface area contributed by atoms with Crippen LogP contribution in [0.1, 0.15) is 53.5 Å². The summed E-state index contributed by atoms with van der Waals surface area (Å²) in [5.41, 5.74) is 1.45. The Hall–Kier alpha value is -4.21. The van der Waals surface area contributed by atoms with Gasteiger partial charge in [-0.15, -0.1) is 10.2 Å². The summed E-state index contributed by atoms with van der Waals surface area (Å²) in [6, 6.07) is 12.1. The molecule has 2 amide bonds. The molecular weight excluding hydrogens is 458 g/mol. The van der Waals surface area contributed by atoms with E-state index < -0.39 is 23.6 Å². The van der Waals surface area contributed by atoms with Gasteiger partial charge in [-0.3, -0.25) is 19.5 Å². The van der Waals surface area contributed by atoms with Crippen molar-refractivity contribution in [1.29, 1.82) is 0 Å². The van der Waals surface area contributed by atoms with Crippen LogP contribution >= 0.6 is 0 Å². The Morgan fingerprint density at radius 3 is 2.46 bits per heavy atom. The number of nitrogens with zero attached hydrogens (tertiary/aromatic N) is 4. The van der Waals surface area contributed by atoms with E-state index in [9.17, 15) is 18.4 Å². The maximum atomic E-state index is 13.6. The third-order valence-electron chi connectivity index (χ3n) is 6.00. The standard InChI is InChI=1S/C25H20F2N4O4/c1-13-7-10-18(34-13)16-5-4-6-17-19(16)23(32)31(24(33)25(17,2)3)12-15-9-8-14(11-28-15)21-29-30-22(35-21)20(26)27/h4-11,20H,12H2,1-3H3. The van der Waals surface area contributed by atoms with Gasteiger partial charge in [0.25, 0.3) is 11.8 Å². The van der Waals surface area contributed by atoms with Crippen molar-refractivity contribution in [2.45, 2.75) is 39.2 Å². The van der Waals surface area contributed by atoms with Crippen LogP contribution in [0.2, 0.25) is 0 Å². The van der Waals surface area contributed by atoms with Gasteiger partial charge in [0.2, 0.25) is 11.8 Å². The van der Waals surface area contributed by atoms with E-state index in [4.69, 9.17) is 8.83 Å². The van der Waals surface area contributed by atoms with Gasteiger partial charge in [-0.05, 0) is 50.6 Å². The van der Waals surface area contributed by atoms with Crippen molar-refractivity contribution in [3.63, 3.8) is 0 Å². The zero-order chi connectivity index (χ0) is 24.9. The molecule has 0 fully saturated rings. The highest BCUT2D eigenvalue weighted by molar-refractivity contribution is 6.15. The van der Waals surface area contributed by atoms with Gasteiger partial charge >= 0.3 is 6.43 Å². The third kappa shape index (κ3) is 3.80. The molecule has 0 saturated carbocycles. The maximum Gasteiger partial charge on any atom is 0.314 e. The fourth-order valence-corrected chi connectivity index (χ4v) is 4.16. The molecule has 35 heavy (non-hydrogen) atoms. The number of imide groups is 1.